The number of nitrogens with zero attached hydrogens (tertiary/aromatic N) is 1. The molecule has 0 fully saturated rings. The molecule has 0 atom stereocenters. The van der Waals surface area contributed by atoms with Crippen molar-refractivity contribution in [1.82, 2.24) is 9.97 Å². The Kier molecular flexibility index (Phi) is 5.32. The molecular formula is C26H26N2O2. The summed E-state index contributed by atoms with van der Waals surface area (Å²) in [7, 11) is 3.35. The van der Waals surface area contributed by atoms with E-state index in [1.165, 1.54) is 11.1 Å². The van der Waals surface area contributed by atoms with Crippen LogP contribution in [0, 0.1) is 20.8 Å². The highest BCUT2D eigenvalue weighted by Gasteiger charge is 2.20. The van der Waals surface area contributed by atoms with Crippen molar-refractivity contribution >= 4 is 0 Å². The Hall–Kier alpha value is -3.53. The van der Waals surface area contributed by atoms with E-state index in [-0.39, 0.29) is 0 Å². The van der Waals surface area contributed by atoms with Crippen molar-refractivity contribution in [3.8, 4) is 45.4 Å². The highest BCUT2D eigenvalue weighted by atomic mass is 16.5. The largest absolute Gasteiger partial charge is 0.496 e. The van der Waals surface area contributed by atoms with E-state index in [2.05, 4.69) is 49.2 Å². The zero-order valence-corrected chi connectivity index (χ0v) is 18.0. The fraction of sp³-hybridized carbons (Fsp3) is 0.192. The molecule has 0 unspecified atom stereocenters. The van der Waals surface area contributed by atoms with Crippen molar-refractivity contribution in [2.24, 2.45) is 0 Å². The minimum atomic E-state index is 0.759. The third kappa shape index (κ3) is 3.45. The molecule has 4 nitrogen and oxygen atoms in total. The summed E-state index contributed by atoms with van der Waals surface area (Å²) in [4.78, 5) is 8.62. The minimum absolute atomic E-state index is 0.759. The molecule has 0 saturated carbocycles. The van der Waals surface area contributed by atoms with Crippen LogP contribution in [0.4, 0.5) is 0 Å². The van der Waals surface area contributed by atoms with Crippen LogP contribution in [0.2, 0.25) is 0 Å². The van der Waals surface area contributed by atoms with Crippen LogP contribution in [0.25, 0.3) is 33.9 Å². The van der Waals surface area contributed by atoms with E-state index in [4.69, 9.17) is 14.5 Å². The van der Waals surface area contributed by atoms with Gasteiger partial charge in [-0.2, -0.15) is 0 Å². The molecule has 4 aromatic rings. The maximum Gasteiger partial charge on any atom is 0.142 e. The summed E-state index contributed by atoms with van der Waals surface area (Å²) in [6.07, 6.45) is 0. The maximum absolute atomic E-state index is 5.74. The van der Waals surface area contributed by atoms with Crippen LogP contribution in [0.5, 0.6) is 11.5 Å². The van der Waals surface area contributed by atoms with Crippen LogP contribution in [-0.2, 0) is 0 Å². The molecule has 0 spiro atoms. The van der Waals surface area contributed by atoms with Crippen LogP contribution >= 0.6 is 0 Å². The second-order valence-corrected chi connectivity index (χ2v) is 7.47. The van der Waals surface area contributed by atoms with Gasteiger partial charge in [0, 0.05) is 16.7 Å². The summed E-state index contributed by atoms with van der Waals surface area (Å²) in [6.45, 7) is 6.23. The van der Waals surface area contributed by atoms with Gasteiger partial charge in [-0.15, -0.1) is 0 Å². The fourth-order valence-electron chi connectivity index (χ4n) is 3.85. The summed E-state index contributed by atoms with van der Waals surface area (Å²) >= 11 is 0. The number of hydrogen-bond donors (Lipinski definition) is 1. The van der Waals surface area contributed by atoms with E-state index in [1.807, 2.05) is 37.3 Å². The molecule has 0 amide bonds. The second kappa shape index (κ2) is 8.07. The molecule has 3 aromatic carbocycles. The number of rotatable bonds is 5. The van der Waals surface area contributed by atoms with E-state index in [0.717, 1.165) is 51.0 Å². The molecule has 1 N–H and O–H groups in total. The number of benzene rings is 3. The van der Waals surface area contributed by atoms with Crippen LogP contribution in [0.15, 0.2) is 60.7 Å². The Labute approximate surface area is 177 Å². The summed E-state index contributed by atoms with van der Waals surface area (Å²) in [6, 6.07) is 20.7. The van der Waals surface area contributed by atoms with Crippen molar-refractivity contribution in [2.75, 3.05) is 14.2 Å². The smallest absolute Gasteiger partial charge is 0.142 e. The first kappa shape index (κ1) is 19.8. The highest BCUT2D eigenvalue weighted by molar-refractivity contribution is 5.84. The normalized spacial score (nSPS) is 10.8. The third-order valence-corrected chi connectivity index (χ3v) is 5.45. The molecule has 152 valence electrons. The fourth-order valence-corrected chi connectivity index (χ4v) is 3.85. The second-order valence-electron chi connectivity index (χ2n) is 7.47. The lowest BCUT2D eigenvalue weighted by Crippen LogP contribution is -1.96. The monoisotopic (exact) mass is 398 g/mol. The van der Waals surface area contributed by atoms with Gasteiger partial charge in [-0.1, -0.05) is 48.0 Å². The van der Waals surface area contributed by atoms with Gasteiger partial charge in [0.05, 0.1) is 31.2 Å². The van der Waals surface area contributed by atoms with Crippen LogP contribution in [-0.4, -0.2) is 24.2 Å². The molecule has 4 heteroatoms. The maximum atomic E-state index is 5.74. The molecule has 1 heterocycles. The van der Waals surface area contributed by atoms with Gasteiger partial charge in [0.15, 0.2) is 0 Å². The Morgan fingerprint density at radius 2 is 1.57 bits per heavy atom. The number of nitrogens with one attached hydrogen (secondary N) is 1. The van der Waals surface area contributed by atoms with Gasteiger partial charge >= 0.3 is 0 Å². The van der Waals surface area contributed by atoms with Crippen molar-refractivity contribution in [3.05, 3.63) is 77.4 Å². The van der Waals surface area contributed by atoms with Crippen molar-refractivity contribution < 1.29 is 9.47 Å². The van der Waals surface area contributed by atoms with Gasteiger partial charge in [0.25, 0.3) is 0 Å². The predicted octanol–water partition coefficient (Wildman–Crippen LogP) is 6.35. The van der Waals surface area contributed by atoms with Crippen molar-refractivity contribution in [2.45, 2.75) is 20.8 Å². The summed E-state index contributed by atoms with van der Waals surface area (Å²) in [5, 5.41) is 0. The average molecular weight is 399 g/mol. The predicted molar refractivity (Wildman–Crippen MR) is 122 cm³/mol. The lowest BCUT2D eigenvalue weighted by molar-refractivity contribution is 0.389. The van der Waals surface area contributed by atoms with Gasteiger partial charge in [0.2, 0.25) is 0 Å². The van der Waals surface area contributed by atoms with Crippen LogP contribution in [0.3, 0.4) is 0 Å². The topological polar surface area (TPSA) is 47.1 Å². The summed E-state index contributed by atoms with van der Waals surface area (Å²) < 4.78 is 11.2. The number of ether oxygens (including phenoxy) is 2. The van der Waals surface area contributed by atoms with Gasteiger partial charge < -0.3 is 14.5 Å². The first-order chi connectivity index (χ1) is 14.5. The van der Waals surface area contributed by atoms with Gasteiger partial charge in [0.1, 0.15) is 17.3 Å². The molecule has 0 radical (unpaired) electrons. The molecular weight excluding hydrogens is 372 g/mol. The Morgan fingerprint density at radius 1 is 0.800 bits per heavy atom. The molecule has 0 aliphatic rings. The summed E-state index contributed by atoms with van der Waals surface area (Å²) in [5.74, 6) is 2.32. The van der Waals surface area contributed by atoms with E-state index in [9.17, 15) is 0 Å². The third-order valence-electron chi connectivity index (χ3n) is 5.45. The summed E-state index contributed by atoms with van der Waals surface area (Å²) in [5.41, 5.74) is 8.42. The van der Waals surface area contributed by atoms with Crippen LogP contribution < -0.4 is 9.47 Å². The number of aryl methyl sites for hydroxylation is 2. The Balaban J connectivity index is 1.98. The molecule has 1 aromatic heterocycles. The number of aromatic nitrogens is 2. The number of hydrogen-bond acceptors (Lipinski definition) is 3. The molecule has 0 aliphatic heterocycles. The Bertz CT molecular complexity index is 1190. The molecule has 0 saturated heterocycles. The SMILES string of the molecule is COc1ccc(-c2nc(-c3ccccc3)c(-c3cc(C)ccc3C)[nH]2)c(OC)c1C. The van der Waals surface area contributed by atoms with Crippen LogP contribution in [0.1, 0.15) is 16.7 Å². The molecule has 30 heavy (non-hydrogen) atoms. The Morgan fingerprint density at radius 3 is 2.27 bits per heavy atom. The molecule has 0 aliphatic carbocycles. The molecule has 0 bridgehead atoms. The lowest BCUT2D eigenvalue weighted by atomic mass is 9.99. The van der Waals surface area contributed by atoms with E-state index in [0.29, 0.717) is 0 Å². The van der Waals surface area contributed by atoms with Gasteiger partial charge in [-0.05, 0) is 44.5 Å². The lowest BCUT2D eigenvalue weighted by Gasteiger charge is -2.13. The average Bonchev–Trinajstić information content (AvgIpc) is 3.20. The number of H-pyrrole nitrogens is 1. The standard InChI is InChI=1S/C26H26N2O2/c1-16-11-12-17(2)21(15-16)24-23(19-9-7-6-8-10-19)27-26(28-24)20-13-14-22(29-4)18(3)25(20)30-5/h6-15H,1-5H3,(H,27,28). The molecule has 4 rings (SSSR count). The van der Waals surface area contributed by atoms with E-state index in [1.54, 1.807) is 14.2 Å². The number of methoxy groups -OCH3 is 2. The van der Waals surface area contributed by atoms with E-state index < -0.39 is 0 Å². The number of imidazole rings is 1. The quantitative estimate of drug-likeness (QED) is 0.426. The van der Waals surface area contributed by atoms with Gasteiger partial charge in [-0.25, -0.2) is 4.98 Å². The van der Waals surface area contributed by atoms with Gasteiger partial charge in [-0.3, -0.25) is 0 Å². The van der Waals surface area contributed by atoms with Crippen molar-refractivity contribution in [3.63, 3.8) is 0 Å². The zero-order valence-electron chi connectivity index (χ0n) is 18.0. The number of aromatic amines is 1. The first-order valence-electron chi connectivity index (χ1n) is 9.98. The minimum Gasteiger partial charge on any atom is -0.496 e. The van der Waals surface area contributed by atoms with Crippen molar-refractivity contribution in [1.29, 1.82) is 0 Å². The first-order valence-corrected chi connectivity index (χ1v) is 9.98. The highest BCUT2D eigenvalue weighted by Crippen LogP contribution is 2.40. The van der Waals surface area contributed by atoms with E-state index >= 15 is 0 Å². The zero-order chi connectivity index (χ0) is 21.3.